The molecule has 0 radical (unpaired) electrons. The van der Waals surface area contributed by atoms with E-state index in [1.165, 1.54) is 44.5 Å². The molecule has 0 atom stereocenters. The summed E-state index contributed by atoms with van der Waals surface area (Å²) in [5.74, 6) is -0.145. The Kier molecular flexibility index (Phi) is 5.69. The molecular weight excluding hydrogens is 416 g/mol. The Hall–Kier alpha value is -2.08. The molecule has 9 nitrogen and oxygen atoms in total. The third-order valence-corrected chi connectivity index (χ3v) is 9.20. The highest BCUT2D eigenvalue weighted by Gasteiger charge is 2.36. The van der Waals surface area contributed by atoms with Gasteiger partial charge in [0.05, 0.1) is 16.3 Å². The fourth-order valence-corrected chi connectivity index (χ4v) is 6.66. The second-order valence-electron chi connectivity index (χ2n) is 7.01. The molecule has 29 heavy (non-hydrogen) atoms. The molecule has 1 aliphatic rings. The molecule has 0 bridgehead atoms. The van der Waals surface area contributed by atoms with Crippen LogP contribution in [-0.4, -0.2) is 67.2 Å². The van der Waals surface area contributed by atoms with Crippen LogP contribution in [0.3, 0.4) is 0 Å². The normalized spacial score (nSPS) is 16.8. The van der Waals surface area contributed by atoms with Crippen molar-refractivity contribution in [1.29, 1.82) is 0 Å². The molecule has 1 aromatic carbocycles. The average molecular weight is 441 g/mol. The van der Waals surface area contributed by atoms with E-state index in [-0.39, 0.29) is 41.8 Å². The van der Waals surface area contributed by atoms with E-state index < -0.39 is 20.0 Å². The Morgan fingerprint density at radius 2 is 1.38 bits per heavy atom. The number of Topliss-reactive ketones (excluding diaryl/α,β-unsaturated/α-hetero) is 1. The zero-order valence-electron chi connectivity index (χ0n) is 16.8. The van der Waals surface area contributed by atoms with Crippen LogP contribution in [0.2, 0.25) is 0 Å². The zero-order chi connectivity index (χ0) is 21.6. The van der Waals surface area contributed by atoms with E-state index in [1.807, 2.05) is 0 Å². The lowest BCUT2D eigenvalue weighted by Gasteiger charge is -2.33. The summed E-state index contributed by atoms with van der Waals surface area (Å²) in [6.45, 7) is 4.96. The van der Waals surface area contributed by atoms with Crippen LogP contribution in [0.4, 0.5) is 0 Å². The first-order valence-corrected chi connectivity index (χ1v) is 12.0. The number of sulfonamides is 2. The topological polar surface area (TPSA) is 110 Å². The predicted molar refractivity (Wildman–Crippen MR) is 107 cm³/mol. The Bertz CT molecular complexity index is 1140. The average Bonchev–Trinajstić information content (AvgIpc) is 2.94. The van der Waals surface area contributed by atoms with Gasteiger partial charge in [0, 0.05) is 38.8 Å². The number of aryl methyl sites for hydroxylation is 2. The van der Waals surface area contributed by atoms with Crippen molar-refractivity contribution in [1.82, 2.24) is 18.4 Å². The number of rotatable bonds is 5. The number of ketones is 1. The van der Waals surface area contributed by atoms with Gasteiger partial charge < -0.3 is 0 Å². The highest BCUT2D eigenvalue weighted by atomic mass is 32.2. The Balaban J connectivity index is 1.78. The Morgan fingerprint density at radius 3 is 1.79 bits per heavy atom. The van der Waals surface area contributed by atoms with Crippen LogP contribution >= 0.6 is 0 Å². The lowest BCUT2D eigenvalue weighted by molar-refractivity contribution is 0.101. The van der Waals surface area contributed by atoms with Gasteiger partial charge in [-0.25, -0.2) is 16.8 Å². The monoisotopic (exact) mass is 440 g/mol. The number of aromatic nitrogens is 2. The van der Waals surface area contributed by atoms with E-state index in [4.69, 9.17) is 0 Å². The van der Waals surface area contributed by atoms with Gasteiger partial charge in [-0.05, 0) is 32.9 Å². The van der Waals surface area contributed by atoms with Crippen LogP contribution in [0.25, 0.3) is 0 Å². The van der Waals surface area contributed by atoms with Crippen molar-refractivity contribution in [2.45, 2.75) is 30.6 Å². The molecule has 0 unspecified atom stereocenters. The summed E-state index contributed by atoms with van der Waals surface area (Å²) in [7, 11) is -5.84. The smallest absolute Gasteiger partial charge is 0.246 e. The maximum atomic E-state index is 13.0. The molecule has 11 heteroatoms. The van der Waals surface area contributed by atoms with Crippen molar-refractivity contribution in [2.24, 2.45) is 7.05 Å². The van der Waals surface area contributed by atoms with Crippen molar-refractivity contribution in [3.05, 3.63) is 41.2 Å². The molecule has 0 N–H and O–H groups in total. The summed E-state index contributed by atoms with van der Waals surface area (Å²) in [4.78, 5) is 11.6. The molecule has 1 aromatic heterocycles. The SMILES string of the molecule is CC(=O)c1ccc(S(=O)(=O)N2CCN(S(=O)(=O)c3c(C)nn(C)c3C)CC2)cc1. The standard InChI is InChI=1S/C18H24N4O5S2/c1-13-18(14(2)20(4)19-13)29(26,27)22-11-9-21(10-12-22)28(24,25)17-7-5-16(6-8-17)15(3)23/h5-8H,9-12H2,1-4H3. The van der Waals surface area contributed by atoms with E-state index in [2.05, 4.69) is 5.10 Å². The third-order valence-electron chi connectivity index (χ3n) is 5.14. The van der Waals surface area contributed by atoms with Crippen molar-refractivity contribution in [3.63, 3.8) is 0 Å². The summed E-state index contributed by atoms with van der Waals surface area (Å²) < 4.78 is 55.9. The minimum atomic E-state index is -3.77. The predicted octanol–water partition coefficient (Wildman–Crippen LogP) is 0.935. The van der Waals surface area contributed by atoms with Gasteiger partial charge in [-0.1, -0.05) is 12.1 Å². The molecule has 1 aliphatic heterocycles. The van der Waals surface area contributed by atoms with Gasteiger partial charge >= 0.3 is 0 Å². The Labute approximate surface area is 171 Å². The van der Waals surface area contributed by atoms with Gasteiger partial charge in [0.15, 0.2) is 5.78 Å². The molecule has 0 aliphatic carbocycles. The van der Waals surface area contributed by atoms with E-state index in [9.17, 15) is 21.6 Å². The van der Waals surface area contributed by atoms with Gasteiger partial charge in [-0.15, -0.1) is 0 Å². The molecular formula is C18H24N4O5S2. The fourth-order valence-electron chi connectivity index (χ4n) is 3.42. The maximum absolute atomic E-state index is 13.0. The van der Waals surface area contributed by atoms with Crippen LogP contribution in [0.1, 0.15) is 28.7 Å². The van der Waals surface area contributed by atoms with Crippen molar-refractivity contribution in [2.75, 3.05) is 26.2 Å². The van der Waals surface area contributed by atoms with Crippen molar-refractivity contribution >= 4 is 25.8 Å². The van der Waals surface area contributed by atoms with E-state index in [0.717, 1.165) is 0 Å². The lowest BCUT2D eigenvalue weighted by atomic mass is 10.2. The molecule has 0 saturated carbocycles. The van der Waals surface area contributed by atoms with E-state index in [0.29, 0.717) is 17.0 Å². The van der Waals surface area contributed by atoms with Crippen molar-refractivity contribution < 1.29 is 21.6 Å². The first-order valence-electron chi connectivity index (χ1n) is 9.07. The number of nitrogens with zero attached hydrogens (tertiary/aromatic N) is 4. The van der Waals surface area contributed by atoms with Crippen LogP contribution in [0.5, 0.6) is 0 Å². The van der Waals surface area contributed by atoms with Crippen LogP contribution in [-0.2, 0) is 27.1 Å². The fraction of sp³-hybridized carbons (Fsp3) is 0.444. The highest BCUT2D eigenvalue weighted by Crippen LogP contribution is 2.25. The minimum Gasteiger partial charge on any atom is -0.295 e. The lowest BCUT2D eigenvalue weighted by Crippen LogP contribution is -2.50. The number of carbonyl (C=O) groups excluding carboxylic acids is 1. The minimum absolute atomic E-state index is 0.0500. The number of hydrogen-bond donors (Lipinski definition) is 0. The first-order chi connectivity index (χ1) is 13.5. The summed E-state index contributed by atoms with van der Waals surface area (Å²) in [5.41, 5.74) is 1.40. The summed E-state index contributed by atoms with van der Waals surface area (Å²) in [6, 6.07) is 5.75. The molecule has 0 spiro atoms. The number of benzene rings is 1. The van der Waals surface area contributed by atoms with Crippen LogP contribution in [0.15, 0.2) is 34.1 Å². The molecule has 2 aromatic rings. The first kappa shape index (κ1) is 21.6. The zero-order valence-corrected chi connectivity index (χ0v) is 18.4. The van der Waals surface area contributed by atoms with Gasteiger partial charge in [-0.3, -0.25) is 9.48 Å². The van der Waals surface area contributed by atoms with Gasteiger partial charge in [0.1, 0.15) is 4.90 Å². The highest BCUT2D eigenvalue weighted by molar-refractivity contribution is 7.89. The summed E-state index contributed by atoms with van der Waals surface area (Å²) in [5, 5.41) is 4.17. The second-order valence-corrected chi connectivity index (χ2v) is 10.8. The molecule has 0 amide bonds. The number of hydrogen-bond acceptors (Lipinski definition) is 6. The van der Waals surface area contributed by atoms with Crippen LogP contribution in [0, 0.1) is 13.8 Å². The molecule has 158 valence electrons. The third kappa shape index (κ3) is 3.87. The second kappa shape index (κ2) is 7.63. The number of carbonyl (C=O) groups is 1. The molecule has 1 fully saturated rings. The van der Waals surface area contributed by atoms with Gasteiger partial charge in [-0.2, -0.15) is 13.7 Å². The summed E-state index contributed by atoms with van der Waals surface area (Å²) in [6.07, 6.45) is 0. The molecule has 3 rings (SSSR count). The van der Waals surface area contributed by atoms with E-state index >= 15 is 0 Å². The van der Waals surface area contributed by atoms with Gasteiger partial charge in [0.25, 0.3) is 0 Å². The summed E-state index contributed by atoms with van der Waals surface area (Å²) >= 11 is 0. The maximum Gasteiger partial charge on any atom is 0.246 e. The molecule has 1 saturated heterocycles. The number of piperazine rings is 1. The quantitative estimate of drug-likeness (QED) is 0.640. The van der Waals surface area contributed by atoms with Gasteiger partial charge in [0.2, 0.25) is 20.0 Å². The molecule has 2 heterocycles. The van der Waals surface area contributed by atoms with E-state index in [1.54, 1.807) is 20.9 Å². The van der Waals surface area contributed by atoms with Crippen molar-refractivity contribution in [3.8, 4) is 0 Å². The Morgan fingerprint density at radius 1 is 0.897 bits per heavy atom. The van der Waals surface area contributed by atoms with Crippen LogP contribution < -0.4 is 0 Å². The largest absolute Gasteiger partial charge is 0.295 e.